The Morgan fingerprint density at radius 1 is 1.47 bits per heavy atom. The van der Waals surface area contributed by atoms with Gasteiger partial charge in [0.15, 0.2) is 0 Å². The predicted molar refractivity (Wildman–Crippen MR) is 72.9 cm³/mol. The Bertz CT molecular complexity index is 545. The fourth-order valence-electron chi connectivity index (χ4n) is 2.10. The number of nitrogens with zero attached hydrogens (tertiary/aromatic N) is 2. The highest BCUT2D eigenvalue weighted by molar-refractivity contribution is 8.01. The molecule has 0 bridgehead atoms. The SMILES string of the molecule is O=C(NCCc1cn[nH]n1)C1Cc2ccccc2S1. The maximum absolute atomic E-state index is 12.1. The number of nitrogens with one attached hydrogen (secondary N) is 2. The molecule has 98 valence electrons. The Morgan fingerprint density at radius 2 is 2.37 bits per heavy atom. The summed E-state index contributed by atoms with van der Waals surface area (Å²) >= 11 is 1.65. The van der Waals surface area contributed by atoms with Crippen LogP contribution in [0.2, 0.25) is 0 Å². The lowest BCUT2D eigenvalue weighted by Crippen LogP contribution is -2.33. The van der Waals surface area contributed by atoms with Crippen LogP contribution in [0.3, 0.4) is 0 Å². The van der Waals surface area contributed by atoms with Gasteiger partial charge >= 0.3 is 0 Å². The maximum atomic E-state index is 12.1. The molecule has 1 atom stereocenters. The molecule has 5 nitrogen and oxygen atoms in total. The monoisotopic (exact) mass is 274 g/mol. The molecule has 1 aromatic heterocycles. The lowest BCUT2D eigenvalue weighted by atomic mass is 10.1. The molecule has 0 saturated heterocycles. The largest absolute Gasteiger partial charge is 0.355 e. The minimum atomic E-state index is -0.00490. The first kappa shape index (κ1) is 12.2. The van der Waals surface area contributed by atoms with Gasteiger partial charge in [-0.05, 0) is 18.1 Å². The number of hydrogen-bond donors (Lipinski definition) is 2. The summed E-state index contributed by atoms with van der Waals surface area (Å²) < 4.78 is 0. The molecule has 2 heterocycles. The second-order valence-corrected chi connectivity index (χ2v) is 5.67. The van der Waals surface area contributed by atoms with E-state index in [1.54, 1.807) is 18.0 Å². The highest BCUT2D eigenvalue weighted by atomic mass is 32.2. The Labute approximate surface area is 115 Å². The van der Waals surface area contributed by atoms with Gasteiger partial charge in [0.05, 0.1) is 17.1 Å². The van der Waals surface area contributed by atoms with E-state index in [-0.39, 0.29) is 11.2 Å². The number of aromatic amines is 1. The first-order valence-electron chi connectivity index (χ1n) is 6.20. The number of carbonyl (C=O) groups is 1. The van der Waals surface area contributed by atoms with E-state index in [1.165, 1.54) is 10.5 Å². The summed E-state index contributed by atoms with van der Waals surface area (Å²) in [6, 6.07) is 8.19. The summed E-state index contributed by atoms with van der Waals surface area (Å²) in [5.41, 5.74) is 2.13. The molecule has 19 heavy (non-hydrogen) atoms. The third kappa shape index (κ3) is 2.78. The smallest absolute Gasteiger partial charge is 0.233 e. The molecule has 2 aromatic rings. The fourth-order valence-corrected chi connectivity index (χ4v) is 3.32. The van der Waals surface area contributed by atoms with Crippen molar-refractivity contribution in [3.8, 4) is 0 Å². The number of amides is 1. The predicted octanol–water partition coefficient (Wildman–Crippen LogP) is 1.18. The van der Waals surface area contributed by atoms with E-state index in [9.17, 15) is 4.79 Å². The van der Waals surface area contributed by atoms with Gasteiger partial charge in [-0.1, -0.05) is 18.2 Å². The molecule has 1 amide bonds. The van der Waals surface area contributed by atoms with Gasteiger partial charge in [-0.3, -0.25) is 4.79 Å². The first-order chi connectivity index (χ1) is 9.33. The van der Waals surface area contributed by atoms with Crippen LogP contribution in [0.5, 0.6) is 0 Å². The van der Waals surface area contributed by atoms with Gasteiger partial charge in [0, 0.05) is 17.9 Å². The quantitative estimate of drug-likeness (QED) is 0.878. The van der Waals surface area contributed by atoms with E-state index in [1.807, 2.05) is 12.1 Å². The summed E-state index contributed by atoms with van der Waals surface area (Å²) in [7, 11) is 0. The minimum absolute atomic E-state index is 0.00490. The summed E-state index contributed by atoms with van der Waals surface area (Å²) in [4.78, 5) is 13.3. The van der Waals surface area contributed by atoms with Gasteiger partial charge in [0.25, 0.3) is 0 Å². The number of rotatable bonds is 4. The van der Waals surface area contributed by atoms with E-state index in [2.05, 4.69) is 32.9 Å². The highest BCUT2D eigenvalue weighted by Crippen LogP contribution is 2.36. The van der Waals surface area contributed by atoms with Crippen molar-refractivity contribution in [3.63, 3.8) is 0 Å². The Hall–Kier alpha value is -1.82. The summed E-state index contributed by atoms with van der Waals surface area (Å²) in [6.07, 6.45) is 3.19. The molecule has 3 rings (SSSR count). The Kier molecular flexibility index (Phi) is 3.50. The van der Waals surface area contributed by atoms with Crippen molar-refractivity contribution in [2.24, 2.45) is 0 Å². The molecule has 1 aromatic carbocycles. The van der Waals surface area contributed by atoms with Crippen LogP contribution in [0.4, 0.5) is 0 Å². The minimum Gasteiger partial charge on any atom is -0.355 e. The molecule has 1 unspecified atom stereocenters. The van der Waals surface area contributed by atoms with Crippen LogP contribution in [-0.2, 0) is 17.6 Å². The molecule has 0 aliphatic carbocycles. The van der Waals surface area contributed by atoms with E-state index in [0.29, 0.717) is 13.0 Å². The van der Waals surface area contributed by atoms with Crippen molar-refractivity contribution in [2.45, 2.75) is 23.0 Å². The Balaban J connectivity index is 1.50. The highest BCUT2D eigenvalue weighted by Gasteiger charge is 2.27. The molecular weight excluding hydrogens is 260 g/mol. The molecule has 1 aliphatic rings. The van der Waals surface area contributed by atoms with Crippen molar-refractivity contribution in [2.75, 3.05) is 6.54 Å². The number of benzene rings is 1. The van der Waals surface area contributed by atoms with Crippen LogP contribution in [0.25, 0.3) is 0 Å². The number of fused-ring (bicyclic) bond motifs is 1. The van der Waals surface area contributed by atoms with E-state index in [4.69, 9.17) is 0 Å². The van der Waals surface area contributed by atoms with Gasteiger partial charge in [-0.25, -0.2) is 0 Å². The number of H-pyrrole nitrogens is 1. The van der Waals surface area contributed by atoms with Gasteiger partial charge in [-0.15, -0.1) is 11.8 Å². The first-order valence-corrected chi connectivity index (χ1v) is 7.08. The summed E-state index contributed by atoms with van der Waals surface area (Å²) in [5.74, 6) is 0.102. The van der Waals surface area contributed by atoms with Crippen molar-refractivity contribution < 1.29 is 4.79 Å². The number of aromatic nitrogens is 3. The lowest BCUT2D eigenvalue weighted by molar-refractivity contribution is -0.120. The Morgan fingerprint density at radius 3 is 3.16 bits per heavy atom. The standard InChI is InChI=1S/C13H14N4OS/c18-13(14-6-5-10-8-15-17-16-10)12-7-9-3-1-2-4-11(9)19-12/h1-4,8,12H,5-7H2,(H,14,18)(H,15,16,17). The molecule has 0 saturated carbocycles. The van der Waals surface area contributed by atoms with Crippen LogP contribution >= 0.6 is 11.8 Å². The average molecular weight is 274 g/mol. The summed E-state index contributed by atoms with van der Waals surface area (Å²) in [5, 5.41) is 13.2. The zero-order chi connectivity index (χ0) is 13.1. The normalized spacial score (nSPS) is 17.2. The molecule has 0 fully saturated rings. The van der Waals surface area contributed by atoms with E-state index in [0.717, 1.165) is 12.1 Å². The van der Waals surface area contributed by atoms with Crippen LogP contribution < -0.4 is 5.32 Å². The fraction of sp³-hybridized carbons (Fsp3) is 0.308. The second kappa shape index (κ2) is 5.44. The average Bonchev–Trinajstić information content (AvgIpc) is 3.07. The number of thioether (sulfide) groups is 1. The lowest BCUT2D eigenvalue weighted by Gasteiger charge is -2.08. The van der Waals surface area contributed by atoms with E-state index < -0.39 is 0 Å². The zero-order valence-corrected chi connectivity index (χ0v) is 11.1. The van der Waals surface area contributed by atoms with Crippen molar-refractivity contribution in [1.82, 2.24) is 20.7 Å². The number of carbonyl (C=O) groups excluding carboxylic acids is 1. The second-order valence-electron chi connectivity index (χ2n) is 4.42. The molecule has 2 N–H and O–H groups in total. The molecule has 0 radical (unpaired) electrons. The molecule has 6 heteroatoms. The number of hydrogen-bond acceptors (Lipinski definition) is 4. The van der Waals surface area contributed by atoms with Gasteiger partial charge < -0.3 is 5.32 Å². The van der Waals surface area contributed by atoms with Gasteiger partial charge in [0.1, 0.15) is 0 Å². The van der Waals surface area contributed by atoms with Crippen LogP contribution in [-0.4, -0.2) is 33.1 Å². The van der Waals surface area contributed by atoms with Gasteiger partial charge in [0.2, 0.25) is 5.91 Å². The van der Waals surface area contributed by atoms with Crippen molar-refractivity contribution in [1.29, 1.82) is 0 Å². The zero-order valence-electron chi connectivity index (χ0n) is 10.3. The summed E-state index contributed by atoms with van der Waals surface area (Å²) in [6.45, 7) is 0.596. The van der Waals surface area contributed by atoms with Crippen LogP contribution in [0.1, 0.15) is 11.3 Å². The molecule has 1 aliphatic heterocycles. The van der Waals surface area contributed by atoms with Crippen molar-refractivity contribution in [3.05, 3.63) is 41.7 Å². The maximum Gasteiger partial charge on any atom is 0.233 e. The van der Waals surface area contributed by atoms with Crippen LogP contribution in [0.15, 0.2) is 35.4 Å². The van der Waals surface area contributed by atoms with Crippen molar-refractivity contribution >= 4 is 17.7 Å². The molecular formula is C13H14N4OS. The van der Waals surface area contributed by atoms with E-state index >= 15 is 0 Å². The third-order valence-electron chi connectivity index (χ3n) is 3.08. The van der Waals surface area contributed by atoms with Crippen LogP contribution in [0, 0.1) is 0 Å². The molecule has 0 spiro atoms. The third-order valence-corrected chi connectivity index (χ3v) is 4.40. The topological polar surface area (TPSA) is 70.7 Å². The van der Waals surface area contributed by atoms with Gasteiger partial charge in [-0.2, -0.15) is 15.4 Å².